The van der Waals surface area contributed by atoms with Crippen LogP contribution in [0.4, 0.5) is 0 Å². The first-order chi connectivity index (χ1) is 16.6. The standard InChI is InChI=1S/C29H23N3O2/c1-20-14-16-21(17-15-20)18-26-29(34)31-32(28(30-26)23-9-3-2-4-10-23)27(33)19-24-12-7-11-22-8-5-6-13-25(22)24/h2-18H,19H2,1H3,(H,31,34)/b26-18+. The first-order valence-electron chi connectivity index (χ1n) is 11.1. The summed E-state index contributed by atoms with van der Waals surface area (Å²) in [6.45, 7) is 2.01. The maximum Gasteiger partial charge on any atom is 0.288 e. The number of amides is 2. The number of carbonyl (C=O) groups excluding carboxylic acids is 2. The summed E-state index contributed by atoms with van der Waals surface area (Å²) >= 11 is 0. The zero-order valence-corrected chi connectivity index (χ0v) is 18.7. The maximum absolute atomic E-state index is 13.5. The van der Waals surface area contributed by atoms with Gasteiger partial charge in [0.15, 0.2) is 5.84 Å². The highest BCUT2D eigenvalue weighted by Gasteiger charge is 2.30. The van der Waals surface area contributed by atoms with Gasteiger partial charge in [-0.05, 0) is 34.9 Å². The molecule has 0 fully saturated rings. The Hall–Kier alpha value is -4.51. The first-order valence-corrected chi connectivity index (χ1v) is 11.1. The fourth-order valence-electron chi connectivity index (χ4n) is 3.99. The van der Waals surface area contributed by atoms with Crippen LogP contribution in [0.2, 0.25) is 0 Å². The Balaban J connectivity index is 1.52. The lowest BCUT2D eigenvalue weighted by Crippen LogP contribution is -2.53. The van der Waals surface area contributed by atoms with Crippen LogP contribution in [0.5, 0.6) is 0 Å². The summed E-state index contributed by atoms with van der Waals surface area (Å²) in [5.74, 6) is -0.294. The molecule has 5 rings (SSSR count). The molecule has 0 radical (unpaired) electrons. The van der Waals surface area contributed by atoms with Gasteiger partial charge in [-0.15, -0.1) is 0 Å². The summed E-state index contributed by atoms with van der Waals surface area (Å²) in [4.78, 5) is 31.0. The van der Waals surface area contributed by atoms with Crippen molar-refractivity contribution < 1.29 is 9.59 Å². The predicted molar refractivity (Wildman–Crippen MR) is 135 cm³/mol. The molecule has 166 valence electrons. The van der Waals surface area contributed by atoms with E-state index in [9.17, 15) is 9.59 Å². The van der Waals surface area contributed by atoms with Gasteiger partial charge in [-0.3, -0.25) is 15.0 Å². The maximum atomic E-state index is 13.5. The molecule has 0 saturated heterocycles. The number of benzene rings is 4. The van der Waals surface area contributed by atoms with Crippen molar-refractivity contribution in [1.29, 1.82) is 0 Å². The minimum Gasteiger partial charge on any atom is -0.272 e. The van der Waals surface area contributed by atoms with Gasteiger partial charge in [0.25, 0.3) is 11.8 Å². The minimum atomic E-state index is -0.425. The summed E-state index contributed by atoms with van der Waals surface area (Å²) in [5, 5.41) is 3.35. The smallest absolute Gasteiger partial charge is 0.272 e. The van der Waals surface area contributed by atoms with Gasteiger partial charge in [0.05, 0.1) is 6.42 Å². The van der Waals surface area contributed by atoms with Crippen molar-refractivity contribution in [3.8, 4) is 0 Å². The number of rotatable bonds is 4. The third-order valence-electron chi connectivity index (χ3n) is 5.77. The van der Waals surface area contributed by atoms with E-state index in [0.717, 1.165) is 33.0 Å². The van der Waals surface area contributed by atoms with Crippen LogP contribution in [-0.2, 0) is 16.0 Å². The zero-order valence-electron chi connectivity index (χ0n) is 18.7. The van der Waals surface area contributed by atoms with Gasteiger partial charge in [0.1, 0.15) is 5.70 Å². The number of nitrogens with one attached hydrogen (secondary N) is 1. The molecule has 0 atom stereocenters. The lowest BCUT2D eigenvalue weighted by atomic mass is 10.0. The van der Waals surface area contributed by atoms with Gasteiger partial charge in [0.2, 0.25) is 0 Å². The van der Waals surface area contributed by atoms with Crippen LogP contribution in [-0.4, -0.2) is 22.7 Å². The highest BCUT2D eigenvalue weighted by molar-refractivity contribution is 6.15. The predicted octanol–water partition coefficient (Wildman–Crippen LogP) is 5.05. The molecule has 4 aromatic carbocycles. The van der Waals surface area contributed by atoms with Gasteiger partial charge in [-0.2, -0.15) is 0 Å². The molecule has 5 nitrogen and oxygen atoms in total. The highest BCUT2D eigenvalue weighted by atomic mass is 16.2. The Bertz CT molecular complexity index is 1430. The molecule has 0 bridgehead atoms. The number of aliphatic imine (C=N–C) groups is 1. The Morgan fingerprint density at radius 3 is 2.38 bits per heavy atom. The topological polar surface area (TPSA) is 61.8 Å². The third kappa shape index (κ3) is 4.36. The molecule has 2 amide bonds. The van der Waals surface area contributed by atoms with E-state index in [1.165, 1.54) is 5.01 Å². The van der Waals surface area contributed by atoms with E-state index in [4.69, 9.17) is 0 Å². The first kappa shape index (κ1) is 21.3. The molecule has 1 N–H and O–H groups in total. The largest absolute Gasteiger partial charge is 0.288 e. The van der Waals surface area contributed by atoms with Crippen molar-refractivity contribution in [2.45, 2.75) is 13.3 Å². The van der Waals surface area contributed by atoms with Crippen LogP contribution < -0.4 is 5.43 Å². The molecule has 0 aliphatic carbocycles. The van der Waals surface area contributed by atoms with Gasteiger partial charge in [-0.25, -0.2) is 10.0 Å². The Morgan fingerprint density at radius 2 is 1.59 bits per heavy atom. The number of nitrogens with zero attached hydrogens (tertiary/aromatic N) is 2. The van der Waals surface area contributed by atoms with Crippen molar-refractivity contribution in [3.63, 3.8) is 0 Å². The van der Waals surface area contributed by atoms with Crippen molar-refractivity contribution >= 4 is 34.5 Å². The second kappa shape index (κ2) is 9.16. The molecule has 1 aliphatic heterocycles. The number of carbonyl (C=O) groups is 2. The van der Waals surface area contributed by atoms with Gasteiger partial charge < -0.3 is 0 Å². The van der Waals surface area contributed by atoms with Crippen LogP contribution in [0.3, 0.4) is 0 Å². The average Bonchev–Trinajstić information content (AvgIpc) is 2.87. The van der Waals surface area contributed by atoms with Crippen molar-refractivity contribution in [2.75, 3.05) is 0 Å². The number of hydrogen-bond acceptors (Lipinski definition) is 3. The Morgan fingerprint density at radius 1 is 0.882 bits per heavy atom. The van der Waals surface area contributed by atoms with Crippen LogP contribution in [0.25, 0.3) is 16.8 Å². The molecule has 0 aromatic heterocycles. The molecule has 5 heteroatoms. The molecule has 1 aliphatic rings. The number of fused-ring (bicyclic) bond motifs is 1. The molecule has 0 spiro atoms. The summed E-state index contributed by atoms with van der Waals surface area (Å²) in [5.41, 5.74) is 6.64. The number of amidine groups is 1. The Labute approximate surface area is 198 Å². The van der Waals surface area contributed by atoms with E-state index < -0.39 is 5.91 Å². The van der Waals surface area contributed by atoms with E-state index in [-0.39, 0.29) is 18.0 Å². The van der Waals surface area contributed by atoms with Crippen LogP contribution in [0, 0.1) is 6.92 Å². The lowest BCUT2D eigenvalue weighted by molar-refractivity contribution is -0.135. The second-order valence-electron chi connectivity index (χ2n) is 8.23. The summed E-state index contributed by atoms with van der Waals surface area (Å²) in [6, 6.07) is 31.1. The number of hydrazine groups is 1. The molecule has 34 heavy (non-hydrogen) atoms. The molecule has 4 aromatic rings. The van der Waals surface area contributed by atoms with Crippen LogP contribution >= 0.6 is 0 Å². The fraction of sp³-hybridized carbons (Fsp3) is 0.0690. The summed E-state index contributed by atoms with van der Waals surface area (Å²) in [7, 11) is 0. The fourth-order valence-corrected chi connectivity index (χ4v) is 3.99. The zero-order chi connectivity index (χ0) is 23.5. The van der Waals surface area contributed by atoms with Gasteiger partial charge in [-0.1, -0.05) is 103 Å². The van der Waals surface area contributed by atoms with Crippen LogP contribution in [0.15, 0.2) is 108 Å². The monoisotopic (exact) mass is 445 g/mol. The van der Waals surface area contributed by atoms with E-state index in [2.05, 4.69) is 10.4 Å². The highest BCUT2D eigenvalue weighted by Crippen LogP contribution is 2.22. The van der Waals surface area contributed by atoms with E-state index in [1.54, 1.807) is 6.08 Å². The van der Waals surface area contributed by atoms with Gasteiger partial charge in [0, 0.05) is 5.56 Å². The summed E-state index contributed by atoms with van der Waals surface area (Å²) < 4.78 is 0. The van der Waals surface area contributed by atoms with Gasteiger partial charge >= 0.3 is 0 Å². The van der Waals surface area contributed by atoms with Crippen molar-refractivity contribution in [3.05, 3.63) is 125 Å². The second-order valence-corrected chi connectivity index (χ2v) is 8.23. The van der Waals surface area contributed by atoms with E-state index in [1.807, 2.05) is 104 Å². The van der Waals surface area contributed by atoms with Crippen molar-refractivity contribution in [1.82, 2.24) is 10.4 Å². The normalized spacial score (nSPS) is 14.7. The number of aryl methyl sites for hydroxylation is 1. The molecule has 0 unspecified atom stereocenters. The molecular weight excluding hydrogens is 422 g/mol. The van der Waals surface area contributed by atoms with E-state index in [0.29, 0.717) is 5.84 Å². The SMILES string of the molecule is Cc1ccc(/C=C2/N=C(c3ccccc3)N(C(=O)Cc3cccc4ccccc34)NC2=O)cc1. The minimum absolute atomic E-state index is 0.129. The summed E-state index contributed by atoms with van der Waals surface area (Å²) in [6.07, 6.45) is 1.86. The lowest BCUT2D eigenvalue weighted by Gasteiger charge is -2.29. The van der Waals surface area contributed by atoms with Crippen LogP contribution in [0.1, 0.15) is 22.3 Å². The molecule has 0 saturated carbocycles. The molecular formula is C29H23N3O2. The average molecular weight is 446 g/mol. The Kier molecular flexibility index (Phi) is 5.75. The quantitative estimate of drug-likeness (QED) is 0.447. The third-order valence-corrected chi connectivity index (χ3v) is 5.77. The van der Waals surface area contributed by atoms with Crippen molar-refractivity contribution in [2.24, 2.45) is 4.99 Å². The number of hydrogen-bond donors (Lipinski definition) is 1. The van der Waals surface area contributed by atoms with E-state index >= 15 is 0 Å². The molecule has 1 heterocycles.